The highest BCUT2D eigenvalue weighted by atomic mass is 16.2. The van der Waals surface area contributed by atoms with Gasteiger partial charge in [-0.15, -0.1) is 0 Å². The number of nitrogens with zero attached hydrogens (tertiary/aromatic N) is 1. The van der Waals surface area contributed by atoms with Gasteiger partial charge in [0.1, 0.15) is 0 Å². The van der Waals surface area contributed by atoms with E-state index in [2.05, 4.69) is 24.4 Å². The standard InChI is InChI=1S/C18H21N3O/c1-12(2)14-7-9-15(10-8-14)18(22)21-20-13(3)16-5-4-6-17(19)11-16/h4-12H,19H2,1-3H3,(H,21,22)/b20-13+. The molecule has 4 nitrogen and oxygen atoms in total. The third-order valence-electron chi connectivity index (χ3n) is 3.47. The Morgan fingerprint density at radius 2 is 1.77 bits per heavy atom. The minimum absolute atomic E-state index is 0.224. The first kappa shape index (κ1) is 15.8. The maximum atomic E-state index is 12.1. The highest BCUT2D eigenvalue weighted by molar-refractivity contribution is 6.01. The molecule has 0 saturated carbocycles. The summed E-state index contributed by atoms with van der Waals surface area (Å²) in [5.74, 6) is 0.222. The molecule has 0 aliphatic carbocycles. The van der Waals surface area contributed by atoms with Crippen molar-refractivity contribution >= 4 is 17.3 Å². The number of rotatable bonds is 4. The maximum Gasteiger partial charge on any atom is 0.271 e. The Labute approximate surface area is 131 Å². The zero-order valence-electron chi connectivity index (χ0n) is 13.1. The summed E-state index contributed by atoms with van der Waals surface area (Å²) in [6.07, 6.45) is 0. The van der Waals surface area contributed by atoms with E-state index in [4.69, 9.17) is 5.73 Å². The Kier molecular flexibility index (Phi) is 4.94. The lowest BCUT2D eigenvalue weighted by atomic mass is 10.0. The highest BCUT2D eigenvalue weighted by Gasteiger charge is 2.06. The van der Waals surface area contributed by atoms with Crippen LogP contribution in [0.15, 0.2) is 53.6 Å². The molecule has 0 aromatic heterocycles. The van der Waals surface area contributed by atoms with Gasteiger partial charge in [0.25, 0.3) is 5.91 Å². The van der Waals surface area contributed by atoms with Gasteiger partial charge in [0, 0.05) is 11.3 Å². The van der Waals surface area contributed by atoms with Crippen LogP contribution in [0, 0.1) is 0 Å². The van der Waals surface area contributed by atoms with E-state index in [1.165, 1.54) is 5.56 Å². The van der Waals surface area contributed by atoms with Gasteiger partial charge in [-0.05, 0) is 48.2 Å². The third kappa shape index (κ3) is 3.95. The molecule has 0 saturated heterocycles. The van der Waals surface area contributed by atoms with Gasteiger partial charge in [-0.25, -0.2) is 5.43 Å². The van der Waals surface area contributed by atoms with Gasteiger partial charge >= 0.3 is 0 Å². The van der Waals surface area contributed by atoms with E-state index >= 15 is 0 Å². The van der Waals surface area contributed by atoms with Crippen LogP contribution in [-0.4, -0.2) is 11.6 Å². The van der Waals surface area contributed by atoms with Crippen molar-refractivity contribution in [2.24, 2.45) is 5.10 Å². The van der Waals surface area contributed by atoms with Crippen molar-refractivity contribution in [1.82, 2.24) is 5.43 Å². The molecule has 0 spiro atoms. The average Bonchev–Trinajstić information content (AvgIpc) is 2.52. The lowest BCUT2D eigenvalue weighted by molar-refractivity contribution is 0.0955. The summed E-state index contributed by atoms with van der Waals surface area (Å²) in [4.78, 5) is 12.1. The molecule has 0 aliphatic rings. The molecule has 0 unspecified atom stereocenters. The predicted molar refractivity (Wildman–Crippen MR) is 91.1 cm³/mol. The molecule has 0 atom stereocenters. The Morgan fingerprint density at radius 3 is 2.36 bits per heavy atom. The molecule has 0 heterocycles. The molecule has 3 N–H and O–H groups in total. The Morgan fingerprint density at radius 1 is 1.09 bits per heavy atom. The second kappa shape index (κ2) is 6.89. The van der Waals surface area contributed by atoms with Crippen LogP contribution in [0.4, 0.5) is 5.69 Å². The van der Waals surface area contributed by atoms with Gasteiger partial charge in [-0.2, -0.15) is 5.10 Å². The number of anilines is 1. The van der Waals surface area contributed by atoms with Crippen LogP contribution in [0.5, 0.6) is 0 Å². The Bertz CT molecular complexity index is 688. The van der Waals surface area contributed by atoms with E-state index in [9.17, 15) is 4.79 Å². The van der Waals surface area contributed by atoms with Crippen LogP contribution >= 0.6 is 0 Å². The monoisotopic (exact) mass is 295 g/mol. The van der Waals surface area contributed by atoms with Gasteiger partial charge in [0.05, 0.1) is 5.71 Å². The molecular weight excluding hydrogens is 274 g/mol. The van der Waals surface area contributed by atoms with Gasteiger partial charge in [0.2, 0.25) is 0 Å². The molecule has 4 heteroatoms. The first-order valence-electron chi connectivity index (χ1n) is 7.28. The van der Waals surface area contributed by atoms with Gasteiger partial charge < -0.3 is 5.73 Å². The van der Waals surface area contributed by atoms with Gasteiger partial charge in [0.15, 0.2) is 0 Å². The highest BCUT2D eigenvalue weighted by Crippen LogP contribution is 2.14. The largest absolute Gasteiger partial charge is 0.399 e. The van der Waals surface area contributed by atoms with E-state index in [1.54, 1.807) is 0 Å². The van der Waals surface area contributed by atoms with Crippen LogP contribution < -0.4 is 11.2 Å². The summed E-state index contributed by atoms with van der Waals surface area (Å²) < 4.78 is 0. The molecule has 2 aromatic carbocycles. The smallest absolute Gasteiger partial charge is 0.271 e. The molecule has 2 rings (SSSR count). The SMILES string of the molecule is C/C(=N\NC(=O)c1ccc(C(C)C)cc1)c1cccc(N)c1. The van der Waals surface area contributed by atoms with Gasteiger partial charge in [-0.3, -0.25) is 4.79 Å². The first-order valence-corrected chi connectivity index (χ1v) is 7.28. The van der Waals surface area contributed by atoms with Crippen molar-refractivity contribution in [3.63, 3.8) is 0 Å². The van der Waals surface area contributed by atoms with Crippen molar-refractivity contribution in [3.8, 4) is 0 Å². The summed E-state index contributed by atoms with van der Waals surface area (Å²) in [5, 5.41) is 4.13. The number of carbonyl (C=O) groups is 1. The van der Waals surface area contributed by atoms with Crippen LogP contribution in [0.3, 0.4) is 0 Å². The van der Waals surface area contributed by atoms with Crippen molar-refractivity contribution < 1.29 is 4.79 Å². The number of hydrogen-bond donors (Lipinski definition) is 2. The summed E-state index contributed by atoms with van der Waals surface area (Å²) in [5.41, 5.74) is 12.4. The number of hydrogen-bond acceptors (Lipinski definition) is 3. The minimum atomic E-state index is -0.224. The quantitative estimate of drug-likeness (QED) is 0.514. The van der Waals surface area contributed by atoms with E-state index in [0.717, 1.165) is 5.56 Å². The Balaban J connectivity index is 2.07. The number of nitrogen functional groups attached to an aromatic ring is 1. The second-order valence-electron chi connectivity index (χ2n) is 5.54. The fourth-order valence-corrected chi connectivity index (χ4v) is 2.05. The van der Waals surface area contributed by atoms with Gasteiger partial charge in [-0.1, -0.05) is 38.1 Å². The number of hydrazone groups is 1. The lowest BCUT2D eigenvalue weighted by Crippen LogP contribution is -2.19. The van der Waals surface area contributed by atoms with Crippen molar-refractivity contribution in [2.75, 3.05) is 5.73 Å². The summed E-state index contributed by atoms with van der Waals surface area (Å²) >= 11 is 0. The molecule has 0 fully saturated rings. The van der Waals surface area contributed by atoms with Crippen molar-refractivity contribution in [3.05, 3.63) is 65.2 Å². The van der Waals surface area contributed by atoms with Crippen LogP contribution in [0.1, 0.15) is 48.2 Å². The van der Waals surface area contributed by atoms with E-state index in [-0.39, 0.29) is 5.91 Å². The number of nitrogens with two attached hydrogens (primary N) is 1. The normalized spacial score (nSPS) is 11.5. The second-order valence-corrected chi connectivity index (χ2v) is 5.54. The fourth-order valence-electron chi connectivity index (χ4n) is 2.05. The van der Waals surface area contributed by atoms with Crippen LogP contribution in [0.25, 0.3) is 0 Å². The fraction of sp³-hybridized carbons (Fsp3) is 0.222. The topological polar surface area (TPSA) is 67.5 Å². The van der Waals surface area contributed by atoms with Crippen molar-refractivity contribution in [1.29, 1.82) is 0 Å². The molecule has 0 aliphatic heterocycles. The van der Waals surface area contributed by atoms with E-state index in [0.29, 0.717) is 22.9 Å². The molecule has 1 amide bonds. The van der Waals surface area contributed by atoms with E-state index in [1.807, 2.05) is 55.5 Å². The first-order chi connectivity index (χ1) is 10.5. The van der Waals surface area contributed by atoms with Crippen molar-refractivity contribution in [2.45, 2.75) is 26.7 Å². The minimum Gasteiger partial charge on any atom is -0.399 e. The van der Waals surface area contributed by atoms with Crippen LogP contribution in [0.2, 0.25) is 0 Å². The predicted octanol–water partition coefficient (Wildman–Crippen LogP) is 3.55. The molecule has 22 heavy (non-hydrogen) atoms. The molecule has 0 radical (unpaired) electrons. The average molecular weight is 295 g/mol. The summed E-state index contributed by atoms with van der Waals surface area (Å²) in [6, 6.07) is 15.0. The summed E-state index contributed by atoms with van der Waals surface area (Å²) in [7, 11) is 0. The number of amides is 1. The zero-order chi connectivity index (χ0) is 16.1. The summed E-state index contributed by atoms with van der Waals surface area (Å²) in [6.45, 7) is 6.07. The third-order valence-corrected chi connectivity index (χ3v) is 3.47. The zero-order valence-corrected chi connectivity index (χ0v) is 13.1. The molecule has 0 bridgehead atoms. The van der Waals surface area contributed by atoms with E-state index < -0.39 is 0 Å². The maximum absolute atomic E-state index is 12.1. The number of carbonyl (C=O) groups excluding carboxylic acids is 1. The number of nitrogens with one attached hydrogen (secondary N) is 1. The lowest BCUT2D eigenvalue weighted by Gasteiger charge is -2.07. The molecule has 2 aromatic rings. The number of benzene rings is 2. The molecular formula is C18H21N3O. The van der Waals surface area contributed by atoms with Crippen LogP contribution in [-0.2, 0) is 0 Å². The Hall–Kier alpha value is -2.62. The molecule has 114 valence electrons.